The minimum absolute atomic E-state index is 0.0885. The van der Waals surface area contributed by atoms with Crippen molar-refractivity contribution in [1.82, 2.24) is 19.5 Å². The molecule has 0 saturated heterocycles. The number of rotatable bonds is 6. The Morgan fingerprint density at radius 2 is 1.81 bits per heavy atom. The van der Waals surface area contributed by atoms with E-state index in [1.54, 1.807) is 7.11 Å². The molecule has 0 N–H and O–H groups in total. The van der Waals surface area contributed by atoms with Gasteiger partial charge in [0.2, 0.25) is 5.91 Å². The van der Waals surface area contributed by atoms with Gasteiger partial charge in [-0.3, -0.25) is 4.79 Å². The lowest BCUT2D eigenvalue weighted by Gasteiger charge is -2.18. The minimum Gasteiger partial charge on any atom is -0.497 e. The summed E-state index contributed by atoms with van der Waals surface area (Å²) in [5, 5.41) is 4.79. The van der Waals surface area contributed by atoms with Gasteiger partial charge in [0, 0.05) is 35.6 Å². The van der Waals surface area contributed by atoms with Gasteiger partial charge in [0.15, 0.2) is 5.65 Å². The molecule has 0 spiro atoms. The summed E-state index contributed by atoms with van der Waals surface area (Å²) in [7, 11) is 1.64. The summed E-state index contributed by atoms with van der Waals surface area (Å²) in [4.78, 5) is 19.3. The van der Waals surface area contributed by atoms with Crippen molar-refractivity contribution in [2.24, 2.45) is 0 Å². The molecule has 142 valence electrons. The van der Waals surface area contributed by atoms with Crippen LogP contribution in [0.1, 0.15) is 30.8 Å². The molecule has 0 fully saturated rings. The van der Waals surface area contributed by atoms with E-state index in [2.05, 4.69) is 4.98 Å². The van der Waals surface area contributed by atoms with E-state index >= 15 is 0 Å². The first-order valence-electron chi connectivity index (χ1n) is 9.26. The Bertz CT molecular complexity index is 956. The zero-order valence-electron chi connectivity index (χ0n) is 16.6. The predicted molar refractivity (Wildman–Crippen MR) is 106 cm³/mol. The van der Waals surface area contributed by atoms with E-state index < -0.39 is 0 Å². The lowest BCUT2D eigenvalue weighted by Crippen LogP contribution is -2.31. The molecule has 3 rings (SSSR count). The lowest BCUT2D eigenvalue weighted by atomic mass is 10.0. The van der Waals surface area contributed by atoms with Crippen LogP contribution in [0.4, 0.5) is 0 Å². The second kappa shape index (κ2) is 7.78. The number of aromatic nitrogens is 3. The van der Waals surface area contributed by atoms with Gasteiger partial charge in [-0.25, -0.2) is 9.50 Å². The Kier molecular flexibility index (Phi) is 5.44. The first kappa shape index (κ1) is 18.9. The maximum absolute atomic E-state index is 12.8. The Morgan fingerprint density at radius 1 is 1.15 bits per heavy atom. The van der Waals surface area contributed by atoms with Gasteiger partial charge in [-0.1, -0.05) is 0 Å². The van der Waals surface area contributed by atoms with Crippen molar-refractivity contribution >= 4 is 11.6 Å². The highest BCUT2D eigenvalue weighted by atomic mass is 16.4. The number of likely N-dealkylation sites (N-methyl/N-ethyl adjacent to an activating group) is 1. The number of amides is 1. The average Bonchev–Trinajstić information content (AvgIpc) is 3.01. The molecule has 2 aromatic heterocycles. The van der Waals surface area contributed by atoms with E-state index in [1.807, 2.05) is 67.4 Å². The van der Waals surface area contributed by atoms with Crippen molar-refractivity contribution in [1.29, 1.82) is 0 Å². The maximum Gasteiger partial charge on any atom is 0.227 e. The molecule has 27 heavy (non-hydrogen) atoms. The third-order valence-electron chi connectivity index (χ3n) is 4.80. The van der Waals surface area contributed by atoms with E-state index in [1.165, 1.54) is 0 Å². The van der Waals surface area contributed by atoms with Crippen molar-refractivity contribution in [3.63, 3.8) is 0 Å². The fourth-order valence-electron chi connectivity index (χ4n) is 3.35. The molecule has 0 unspecified atom stereocenters. The second-order valence-corrected chi connectivity index (χ2v) is 6.57. The molecule has 6 heteroatoms. The number of hydrogen-bond donors (Lipinski definition) is 0. The molecule has 0 saturated carbocycles. The number of methoxy groups -OCH3 is 1. The third kappa shape index (κ3) is 3.65. The van der Waals surface area contributed by atoms with Gasteiger partial charge in [0.25, 0.3) is 0 Å². The topological polar surface area (TPSA) is 59.7 Å². The van der Waals surface area contributed by atoms with Gasteiger partial charge >= 0.3 is 0 Å². The van der Waals surface area contributed by atoms with Crippen LogP contribution in [0, 0.1) is 13.8 Å². The fourth-order valence-corrected chi connectivity index (χ4v) is 3.35. The Morgan fingerprint density at radius 3 is 2.41 bits per heavy atom. The highest BCUT2D eigenvalue weighted by molar-refractivity contribution is 5.84. The highest BCUT2D eigenvalue weighted by Crippen LogP contribution is 2.28. The summed E-state index contributed by atoms with van der Waals surface area (Å²) in [5.41, 5.74) is 5.26. The molecule has 0 aliphatic carbocycles. The highest BCUT2D eigenvalue weighted by Gasteiger charge is 2.21. The fraction of sp³-hybridized carbons (Fsp3) is 0.381. The molecule has 3 aromatic rings. The van der Waals surface area contributed by atoms with Gasteiger partial charge in [-0.05, 0) is 58.0 Å². The third-order valence-corrected chi connectivity index (χ3v) is 4.80. The van der Waals surface area contributed by atoms with Crippen LogP contribution >= 0.6 is 0 Å². The van der Waals surface area contributed by atoms with Gasteiger partial charge in [0.1, 0.15) is 5.75 Å². The standard InChI is InChI=1S/C21H26N4O2/c1-6-24(7-2)19(26)13-18-20(16-8-10-17(27-5)11-9-16)23-25-15(4)12-14(3)22-21(18)25/h8-12H,6-7,13H2,1-5H3/i5-1. The number of carbonyl (C=O) groups is 1. The first-order chi connectivity index (χ1) is 13.0. The van der Waals surface area contributed by atoms with E-state index in [-0.39, 0.29) is 12.3 Å². The molecule has 0 atom stereocenters. The zero-order valence-corrected chi connectivity index (χ0v) is 16.6. The number of ether oxygens (including phenoxy) is 1. The van der Waals surface area contributed by atoms with Crippen molar-refractivity contribution < 1.29 is 9.53 Å². The number of carbonyl (C=O) groups excluding carboxylic acids is 1. The Balaban J connectivity index is 2.16. The van der Waals surface area contributed by atoms with Crippen LogP contribution in [-0.2, 0) is 11.2 Å². The number of fused-ring (bicyclic) bond motifs is 1. The van der Waals surface area contributed by atoms with Crippen LogP contribution in [0.2, 0.25) is 0 Å². The van der Waals surface area contributed by atoms with Crippen molar-refractivity contribution in [2.75, 3.05) is 20.2 Å². The monoisotopic (exact) mass is 365 g/mol. The van der Waals surface area contributed by atoms with Gasteiger partial charge < -0.3 is 9.64 Å². The summed E-state index contributed by atoms with van der Waals surface area (Å²) >= 11 is 0. The molecular weight excluding hydrogens is 339 g/mol. The molecule has 1 aromatic carbocycles. The smallest absolute Gasteiger partial charge is 0.227 e. The van der Waals surface area contributed by atoms with Crippen LogP contribution in [-0.4, -0.2) is 45.6 Å². The number of benzene rings is 1. The number of hydrogen-bond acceptors (Lipinski definition) is 4. The first-order valence-corrected chi connectivity index (χ1v) is 9.26. The normalized spacial score (nSPS) is 11.0. The summed E-state index contributed by atoms with van der Waals surface area (Å²) in [5.74, 6) is 0.874. The van der Waals surface area contributed by atoms with Crippen molar-refractivity contribution in [2.45, 2.75) is 34.1 Å². The number of aryl methyl sites for hydroxylation is 2. The predicted octanol–water partition coefficient (Wildman–Crippen LogP) is 3.43. The molecule has 0 aliphatic heterocycles. The van der Waals surface area contributed by atoms with Crippen LogP contribution in [0.5, 0.6) is 5.75 Å². The molecule has 0 aliphatic rings. The van der Waals surface area contributed by atoms with E-state index in [0.29, 0.717) is 13.1 Å². The molecule has 0 radical (unpaired) electrons. The van der Waals surface area contributed by atoms with E-state index in [9.17, 15) is 4.79 Å². The Labute approximate surface area is 159 Å². The van der Waals surface area contributed by atoms with Gasteiger partial charge in [-0.2, -0.15) is 5.10 Å². The van der Waals surface area contributed by atoms with Crippen molar-refractivity contribution in [3.8, 4) is 17.0 Å². The van der Waals surface area contributed by atoms with Crippen LogP contribution in [0.25, 0.3) is 16.9 Å². The van der Waals surface area contributed by atoms with Crippen molar-refractivity contribution in [3.05, 3.63) is 47.3 Å². The van der Waals surface area contributed by atoms with Crippen LogP contribution < -0.4 is 4.74 Å². The van der Waals surface area contributed by atoms with Gasteiger partial charge in [-0.15, -0.1) is 0 Å². The zero-order chi connectivity index (χ0) is 19.6. The molecule has 1 amide bonds. The SMILES string of the molecule is CCN(CC)C(=O)Cc1c(-c2ccc(O[11CH3])cc2)nn2c(C)cc(C)nc12. The maximum atomic E-state index is 12.8. The summed E-state index contributed by atoms with van der Waals surface area (Å²) in [6.45, 7) is 9.34. The average molecular weight is 365 g/mol. The van der Waals surface area contributed by atoms with E-state index in [4.69, 9.17) is 9.84 Å². The summed E-state index contributed by atoms with van der Waals surface area (Å²) < 4.78 is 7.09. The summed E-state index contributed by atoms with van der Waals surface area (Å²) in [6.07, 6.45) is 0.280. The Hall–Kier alpha value is -2.89. The largest absolute Gasteiger partial charge is 0.497 e. The van der Waals surface area contributed by atoms with Crippen LogP contribution in [0.3, 0.4) is 0 Å². The van der Waals surface area contributed by atoms with Gasteiger partial charge in [0.05, 0.1) is 19.2 Å². The molecule has 2 heterocycles. The van der Waals surface area contributed by atoms with Crippen LogP contribution in [0.15, 0.2) is 30.3 Å². The number of nitrogens with zero attached hydrogens (tertiary/aromatic N) is 4. The quantitative estimate of drug-likeness (QED) is 0.671. The molecular formula is C21H26N4O2. The molecule has 0 bridgehead atoms. The molecule has 6 nitrogen and oxygen atoms in total. The summed E-state index contributed by atoms with van der Waals surface area (Å²) in [6, 6.07) is 9.73. The van der Waals surface area contributed by atoms with E-state index in [0.717, 1.165) is 39.6 Å². The lowest BCUT2D eigenvalue weighted by molar-refractivity contribution is -0.130. The minimum atomic E-state index is 0.0885. The second-order valence-electron chi connectivity index (χ2n) is 6.57.